The summed E-state index contributed by atoms with van der Waals surface area (Å²) in [5.41, 5.74) is 6.12. The van der Waals surface area contributed by atoms with Crippen LogP contribution in [0.5, 0.6) is 0 Å². The van der Waals surface area contributed by atoms with E-state index in [2.05, 4.69) is 5.16 Å². The van der Waals surface area contributed by atoms with Crippen LogP contribution in [-0.2, 0) is 6.42 Å². The number of carbonyl (C=O) groups excluding carboxylic acids is 1. The molecule has 0 radical (unpaired) electrons. The molecule has 12 heavy (non-hydrogen) atoms. The average molecular weight is 166 g/mol. The number of hydrogen-bond acceptors (Lipinski definition) is 4. The Morgan fingerprint density at radius 3 is 3.25 bits per heavy atom. The van der Waals surface area contributed by atoms with Crippen LogP contribution >= 0.6 is 0 Å². The van der Waals surface area contributed by atoms with Crippen molar-refractivity contribution in [1.29, 1.82) is 0 Å². The molecule has 0 amide bonds. The first-order chi connectivity index (χ1) is 5.81. The Kier molecular flexibility index (Phi) is 1.69. The van der Waals surface area contributed by atoms with Crippen molar-refractivity contribution in [3.05, 3.63) is 17.5 Å². The third kappa shape index (κ3) is 1.04. The molecule has 2 rings (SSSR count). The Hall–Kier alpha value is -1.16. The van der Waals surface area contributed by atoms with Gasteiger partial charge in [0, 0.05) is 12.8 Å². The Bertz CT molecular complexity index is 306. The van der Waals surface area contributed by atoms with E-state index in [0.717, 1.165) is 6.42 Å². The van der Waals surface area contributed by atoms with Crippen LogP contribution in [0.1, 0.15) is 22.5 Å². The molecule has 1 aromatic rings. The van der Waals surface area contributed by atoms with Crippen LogP contribution in [0, 0.1) is 5.92 Å². The molecular weight excluding hydrogens is 156 g/mol. The zero-order valence-corrected chi connectivity index (χ0v) is 6.62. The number of nitrogens with zero attached hydrogens (tertiary/aromatic N) is 1. The van der Waals surface area contributed by atoms with Gasteiger partial charge in [-0.1, -0.05) is 5.16 Å². The molecule has 0 saturated carbocycles. The maximum atomic E-state index is 11.4. The van der Waals surface area contributed by atoms with Crippen LogP contribution in [-0.4, -0.2) is 17.5 Å². The van der Waals surface area contributed by atoms with Gasteiger partial charge in [-0.3, -0.25) is 4.79 Å². The van der Waals surface area contributed by atoms with Gasteiger partial charge in [0.15, 0.2) is 5.78 Å². The molecule has 4 nitrogen and oxygen atoms in total. The predicted molar refractivity (Wildman–Crippen MR) is 41.7 cm³/mol. The average Bonchev–Trinajstić information content (AvgIpc) is 2.52. The lowest BCUT2D eigenvalue weighted by atomic mass is 9.88. The van der Waals surface area contributed by atoms with E-state index in [0.29, 0.717) is 24.3 Å². The summed E-state index contributed by atoms with van der Waals surface area (Å²) < 4.78 is 4.93. The molecule has 1 aromatic heterocycles. The fourth-order valence-electron chi connectivity index (χ4n) is 1.51. The zero-order chi connectivity index (χ0) is 8.55. The van der Waals surface area contributed by atoms with Crippen molar-refractivity contribution in [3.8, 4) is 0 Å². The van der Waals surface area contributed by atoms with Gasteiger partial charge in [0.1, 0.15) is 5.76 Å². The van der Waals surface area contributed by atoms with E-state index in [4.69, 9.17) is 10.3 Å². The van der Waals surface area contributed by atoms with E-state index < -0.39 is 0 Å². The highest BCUT2D eigenvalue weighted by molar-refractivity contribution is 5.97. The van der Waals surface area contributed by atoms with Crippen molar-refractivity contribution in [3.63, 3.8) is 0 Å². The Balaban J connectivity index is 2.32. The van der Waals surface area contributed by atoms with Gasteiger partial charge in [-0.25, -0.2) is 0 Å². The van der Waals surface area contributed by atoms with E-state index in [1.165, 1.54) is 6.20 Å². The smallest absolute Gasteiger partial charge is 0.168 e. The quantitative estimate of drug-likeness (QED) is 0.654. The van der Waals surface area contributed by atoms with Crippen molar-refractivity contribution in [1.82, 2.24) is 5.16 Å². The van der Waals surface area contributed by atoms with Gasteiger partial charge < -0.3 is 10.3 Å². The van der Waals surface area contributed by atoms with E-state index in [1.54, 1.807) is 0 Å². The summed E-state index contributed by atoms with van der Waals surface area (Å²) in [5, 5.41) is 3.59. The minimum Gasteiger partial charge on any atom is -0.361 e. The van der Waals surface area contributed by atoms with Crippen molar-refractivity contribution in [2.45, 2.75) is 12.8 Å². The summed E-state index contributed by atoms with van der Waals surface area (Å²) in [6.45, 7) is 0.534. The maximum absolute atomic E-state index is 11.4. The Morgan fingerprint density at radius 2 is 2.50 bits per heavy atom. The first kappa shape index (κ1) is 7.49. The minimum absolute atomic E-state index is 0.105. The highest BCUT2D eigenvalue weighted by Gasteiger charge is 2.27. The van der Waals surface area contributed by atoms with E-state index >= 15 is 0 Å². The van der Waals surface area contributed by atoms with Crippen LogP contribution < -0.4 is 5.73 Å². The van der Waals surface area contributed by atoms with Crippen molar-refractivity contribution >= 4 is 5.78 Å². The number of ketones is 1. The largest absolute Gasteiger partial charge is 0.361 e. The molecule has 1 heterocycles. The van der Waals surface area contributed by atoms with Crippen LogP contribution in [0.2, 0.25) is 0 Å². The number of fused-ring (bicyclic) bond motifs is 1. The first-order valence-corrected chi connectivity index (χ1v) is 3.98. The van der Waals surface area contributed by atoms with Crippen molar-refractivity contribution < 1.29 is 9.32 Å². The maximum Gasteiger partial charge on any atom is 0.168 e. The fourth-order valence-corrected chi connectivity index (χ4v) is 1.51. The van der Waals surface area contributed by atoms with Crippen LogP contribution in [0.4, 0.5) is 0 Å². The topological polar surface area (TPSA) is 69.1 Å². The number of rotatable bonds is 1. The molecular formula is C8H10N2O2. The highest BCUT2D eigenvalue weighted by Crippen LogP contribution is 2.24. The molecule has 1 aliphatic carbocycles. The van der Waals surface area contributed by atoms with Gasteiger partial charge in [-0.2, -0.15) is 0 Å². The van der Waals surface area contributed by atoms with Gasteiger partial charge in [0.05, 0.1) is 11.8 Å². The second-order valence-electron chi connectivity index (χ2n) is 3.10. The number of hydrogen-bond donors (Lipinski definition) is 1. The summed E-state index contributed by atoms with van der Waals surface area (Å²) in [6.07, 6.45) is 2.77. The fraction of sp³-hybridized carbons (Fsp3) is 0.500. The summed E-state index contributed by atoms with van der Waals surface area (Å²) in [4.78, 5) is 11.4. The molecule has 0 spiro atoms. The third-order valence-electron chi connectivity index (χ3n) is 2.23. The molecule has 1 atom stereocenters. The van der Waals surface area contributed by atoms with Gasteiger partial charge >= 0.3 is 0 Å². The van der Waals surface area contributed by atoms with E-state index in [9.17, 15) is 4.79 Å². The van der Waals surface area contributed by atoms with E-state index in [1.807, 2.05) is 0 Å². The summed E-state index contributed by atoms with van der Waals surface area (Å²) >= 11 is 0. The normalized spacial score (nSPS) is 22.4. The number of Topliss-reactive ketones (excluding diaryl/α,β-unsaturated/α-hetero) is 1. The van der Waals surface area contributed by atoms with Gasteiger partial charge in [0.25, 0.3) is 0 Å². The van der Waals surface area contributed by atoms with E-state index in [-0.39, 0.29) is 11.7 Å². The molecule has 0 aliphatic heterocycles. The van der Waals surface area contributed by atoms with Gasteiger partial charge in [0.2, 0.25) is 0 Å². The lowest BCUT2D eigenvalue weighted by Gasteiger charge is -2.16. The van der Waals surface area contributed by atoms with Crippen LogP contribution in [0.3, 0.4) is 0 Å². The lowest BCUT2D eigenvalue weighted by Crippen LogP contribution is -2.25. The highest BCUT2D eigenvalue weighted by atomic mass is 16.5. The molecule has 0 fully saturated rings. The number of nitrogens with two attached hydrogens (primary N) is 1. The molecule has 2 N–H and O–H groups in total. The molecule has 0 bridgehead atoms. The summed E-state index contributed by atoms with van der Waals surface area (Å²) in [6, 6.07) is 0. The molecule has 4 heteroatoms. The second kappa shape index (κ2) is 2.71. The second-order valence-corrected chi connectivity index (χ2v) is 3.10. The van der Waals surface area contributed by atoms with Crippen molar-refractivity contribution in [2.24, 2.45) is 11.7 Å². The van der Waals surface area contributed by atoms with Gasteiger partial charge in [-0.05, 0) is 12.5 Å². The molecule has 64 valence electrons. The van der Waals surface area contributed by atoms with Crippen molar-refractivity contribution in [2.75, 3.05) is 6.54 Å². The predicted octanol–water partition coefficient (Wildman–Crippen LogP) is 0.378. The SMILES string of the molecule is NCC1CC(=O)c2cnoc2C1. The molecule has 0 saturated heterocycles. The first-order valence-electron chi connectivity index (χ1n) is 3.98. The lowest BCUT2D eigenvalue weighted by molar-refractivity contribution is 0.0945. The Labute approximate surface area is 69.7 Å². The molecule has 1 unspecified atom stereocenters. The summed E-state index contributed by atoms with van der Waals surface area (Å²) in [5.74, 6) is 1.03. The molecule has 1 aliphatic rings. The third-order valence-corrected chi connectivity index (χ3v) is 2.23. The minimum atomic E-state index is 0.105. The summed E-state index contributed by atoms with van der Waals surface area (Å²) in [7, 11) is 0. The van der Waals surface area contributed by atoms with Gasteiger partial charge in [-0.15, -0.1) is 0 Å². The standard InChI is InChI=1S/C8H10N2O2/c9-3-5-1-7(11)6-4-10-12-8(6)2-5/h4-5H,1-3,9H2. The van der Waals surface area contributed by atoms with Crippen LogP contribution in [0.25, 0.3) is 0 Å². The number of carbonyl (C=O) groups is 1. The monoisotopic (exact) mass is 166 g/mol. The zero-order valence-electron chi connectivity index (χ0n) is 6.62. The molecule has 0 aromatic carbocycles. The Morgan fingerprint density at radius 1 is 1.67 bits per heavy atom. The number of aromatic nitrogens is 1. The van der Waals surface area contributed by atoms with Crippen LogP contribution in [0.15, 0.2) is 10.7 Å².